The van der Waals surface area contributed by atoms with E-state index >= 15 is 0 Å². The molecule has 1 aliphatic rings. The summed E-state index contributed by atoms with van der Waals surface area (Å²) < 4.78 is 0. The number of benzene rings is 1. The highest BCUT2D eigenvalue weighted by Crippen LogP contribution is 2.25. The molecule has 0 heterocycles. The van der Waals surface area contributed by atoms with Crippen LogP contribution in [0.4, 0.5) is 0 Å². The van der Waals surface area contributed by atoms with E-state index in [1.165, 1.54) is 30.4 Å². The lowest BCUT2D eigenvalue weighted by Gasteiger charge is -2.07. The fourth-order valence-electron chi connectivity index (χ4n) is 2.39. The Morgan fingerprint density at radius 3 is 2.76 bits per heavy atom. The summed E-state index contributed by atoms with van der Waals surface area (Å²) in [4.78, 5) is 0. The van der Waals surface area contributed by atoms with Crippen molar-refractivity contribution in [1.29, 1.82) is 0 Å². The Labute approximate surface area is 104 Å². The summed E-state index contributed by atoms with van der Waals surface area (Å²) in [6.45, 7) is 8.03. The standard InChI is InChI=1S/C17H20/c1-13(2)7-4-5-8-15-12-17-10-6-9-16(17)11-14(15)3/h5,7,11-12H,1,6,8-10H2,2-3H3. The van der Waals surface area contributed by atoms with E-state index in [0.717, 1.165) is 12.0 Å². The van der Waals surface area contributed by atoms with E-state index in [9.17, 15) is 0 Å². The van der Waals surface area contributed by atoms with Crippen LogP contribution in [-0.4, -0.2) is 0 Å². The van der Waals surface area contributed by atoms with E-state index < -0.39 is 0 Å². The lowest BCUT2D eigenvalue weighted by atomic mass is 9.99. The van der Waals surface area contributed by atoms with Gasteiger partial charge in [-0.3, -0.25) is 0 Å². The molecule has 0 N–H and O–H groups in total. The summed E-state index contributed by atoms with van der Waals surface area (Å²) in [5, 5.41) is 0. The van der Waals surface area contributed by atoms with Crippen molar-refractivity contribution in [2.45, 2.75) is 39.5 Å². The maximum atomic E-state index is 3.83. The zero-order valence-electron chi connectivity index (χ0n) is 10.8. The minimum Gasteiger partial charge on any atom is -0.125 e. The number of hydrogen-bond donors (Lipinski definition) is 0. The first-order valence-electron chi connectivity index (χ1n) is 6.34. The lowest BCUT2D eigenvalue weighted by molar-refractivity contribution is 0.911. The maximum absolute atomic E-state index is 3.83. The first kappa shape index (κ1) is 12.0. The largest absolute Gasteiger partial charge is 0.125 e. The Balaban J connectivity index is 2.17. The molecule has 0 heteroatoms. The predicted octanol–water partition coefficient (Wildman–Crippen LogP) is 4.31. The second-order valence-corrected chi connectivity index (χ2v) is 4.97. The molecular weight excluding hydrogens is 204 g/mol. The van der Waals surface area contributed by atoms with Crippen LogP contribution in [0, 0.1) is 6.92 Å². The van der Waals surface area contributed by atoms with Gasteiger partial charge in [0.1, 0.15) is 0 Å². The smallest absolute Gasteiger partial charge is 0.00185 e. The van der Waals surface area contributed by atoms with Gasteiger partial charge < -0.3 is 0 Å². The Bertz CT molecular complexity index is 497. The minimum absolute atomic E-state index is 0.975. The molecule has 0 aliphatic heterocycles. The monoisotopic (exact) mass is 224 g/mol. The van der Waals surface area contributed by atoms with E-state index in [0.29, 0.717) is 0 Å². The van der Waals surface area contributed by atoms with Gasteiger partial charge in [-0.15, -0.1) is 5.73 Å². The van der Waals surface area contributed by atoms with Gasteiger partial charge in [0, 0.05) is 0 Å². The van der Waals surface area contributed by atoms with Gasteiger partial charge >= 0.3 is 0 Å². The molecule has 88 valence electrons. The molecule has 1 aliphatic carbocycles. The van der Waals surface area contributed by atoms with E-state index in [2.05, 4.69) is 37.4 Å². The van der Waals surface area contributed by atoms with Gasteiger partial charge in [-0.05, 0) is 73.9 Å². The zero-order valence-corrected chi connectivity index (χ0v) is 10.8. The van der Waals surface area contributed by atoms with Crippen molar-refractivity contribution in [3.63, 3.8) is 0 Å². The van der Waals surface area contributed by atoms with Crippen molar-refractivity contribution in [3.05, 3.63) is 64.4 Å². The molecule has 0 unspecified atom stereocenters. The molecule has 0 bridgehead atoms. The molecule has 0 atom stereocenters. The predicted molar refractivity (Wildman–Crippen MR) is 74.4 cm³/mol. The molecule has 0 radical (unpaired) electrons. The third-order valence-electron chi connectivity index (χ3n) is 3.32. The molecule has 1 aromatic rings. The Kier molecular flexibility index (Phi) is 3.66. The van der Waals surface area contributed by atoms with Gasteiger partial charge in [0.05, 0.1) is 0 Å². The van der Waals surface area contributed by atoms with E-state index in [-0.39, 0.29) is 0 Å². The molecule has 0 saturated heterocycles. The van der Waals surface area contributed by atoms with Crippen LogP contribution < -0.4 is 0 Å². The number of aryl methyl sites for hydroxylation is 3. The fraction of sp³-hybridized carbons (Fsp3) is 0.353. The summed E-state index contributed by atoms with van der Waals surface area (Å²) in [7, 11) is 0. The maximum Gasteiger partial charge on any atom is -0.00185 e. The summed E-state index contributed by atoms with van der Waals surface area (Å²) in [5.41, 5.74) is 10.2. The third-order valence-corrected chi connectivity index (χ3v) is 3.32. The van der Waals surface area contributed by atoms with Crippen LogP contribution in [0.15, 0.2) is 42.2 Å². The fourth-order valence-corrected chi connectivity index (χ4v) is 2.39. The van der Waals surface area contributed by atoms with Crippen molar-refractivity contribution in [3.8, 4) is 0 Å². The molecular formula is C17H20. The summed E-state index contributed by atoms with van der Waals surface area (Å²) >= 11 is 0. The zero-order chi connectivity index (χ0) is 12.3. The van der Waals surface area contributed by atoms with Crippen molar-refractivity contribution in [2.24, 2.45) is 0 Å². The molecule has 0 fully saturated rings. The topological polar surface area (TPSA) is 0 Å². The van der Waals surface area contributed by atoms with E-state index in [1.807, 2.05) is 13.0 Å². The average Bonchev–Trinajstić information content (AvgIpc) is 2.71. The van der Waals surface area contributed by atoms with Crippen LogP contribution in [0.1, 0.15) is 35.6 Å². The first-order valence-corrected chi connectivity index (χ1v) is 6.34. The Morgan fingerprint density at radius 1 is 1.35 bits per heavy atom. The summed E-state index contributed by atoms with van der Waals surface area (Å²) in [6, 6.07) is 4.75. The molecule has 17 heavy (non-hydrogen) atoms. The Hall–Kier alpha value is -1.52. The van der Waals surface area contributed by atoms with Gasteiger partial charge in [-0.1, -0.05) is 24.3 Å². The highest BCUT2D eigenvalue weighted by molar-refractivity contribution is 5.41. The molecule has 0 saturated carbocycles. The molecule has 0 aromatic heterocycles. The number of rotatable bonds is 3. The molecule has 0 nitrogen and oxygen atoms in total. The van der Waals surface area contributed by atoms with Crippen molar-refractivity contribution >= 4 is 0 Å². The van der Waals surface area contributed by atoms with Crippen LogP contribution >= 0.6 is 0 Å². The van der Waals surface area contributed by atoms with Crippen molar-refractivity contribution in [2.75, 3.05) is 0 Å². The second kappa shape index (κ2) is 5.21. The van der Waals surface area contributed by atoms with Crippen molar-refractivity contribution in [1.82, 2.24) is 0 Å². The molecule has 1 aromatic carbocycles. The van der Waals surface area contributed by atoms with E-state index in [1.54, 1.807) is 11.1 Å². The van der Waals surface area contributed by atoms with Gasteiger partial charge in [-0.2, -0.15) is 0 Å². The van der Waals surface area contributed by atoms with Crippen molar-refractivity contribution < 1.29 is 0 Å². The van der Waals surface area contributed by atoms with Gasteiger partial charge in [0.25, 0.3) is 0 Å². The number of fused-ring (bicyclic) bond motifs is 1. The van der Waals surface area contributed by atoms with Crippen LogP contribution in [-0.2, 0) is 19.3 Å². The van der Waals surface area contributed by atoms with Gasteiger partial charge in [-0.25, -0.2) is 0 Å². The molecule has 2 rings (SSSR count). The minimum atomic E-state index is 0.975. The normalized spacial score (nSPS) is 12.8. The highest BCUT2D eigenvalue weighted by atomic mass is 14.2. The molecule has 0 spiro atoms. The average molecular weight is 224 g/mol. The summed E-state index contributed by atoms with van der Waals surface area (Å²) in [6.07, 6.45) is 8.85. The first-order chi connectivity index (χ1) is 8.16. The lowest BCUT2D eigenvalue weighted by Crippen LogP contribution is -1.92. The van der Waals surface area contributed by atoms with E-state index in [4.69, 9.17) is 0 Å². The van der Waals surface area contributed by atoms with Crippen LogP contribution in [0.2, 0.25) is 0 Å². The van der Waals surface area contributed by atoms with Crippen LogP contribution in [0.3, 0.4) is 0 Å². The van der Waals surface area contributed by atoms with Crippen LogP contribution in [0.25, 0.3) is 0 Å². The quantitative estimate of drug-likeness (QED) is 0.530. The Morgan fingerprint density at radius 2 is 2.06 bits per heavy atom. The van der Waals surface area contributed by atoms with Crippen LogP contribution in [0.5, 0.6) is 0 Å². The SMILES string of the molecule is C=C(C)C=C=CCc1cc2c(cc1C)CCC2. The summed E-state index contributed by atoms with van der Waals surface area (Å²) in [5.74, 6) is 0. The number of allylic oxidation sites excluding steroid dienone is 2. The van der Waals surface area contributed by atoms with Gasteiger partial charge in [0.15, 0.2) is 0 Å². The highest BCUT2D eigenvalue weighted by Gasteiger charge is 2.12. The molecule has 0 amide bonds. The number of hydrogen-bond acceptors (Lipinski definition) is 0. The third kappa shape index (κ3) is 2.99. The van der Waals surface area contributed by atoms with Gasteiger partial charge in [0.2, 0.25) is 0 Å². The second-order valence-electron chi connectivity index (χ2n) is 4.97.